The molecule has 0 radical (unpaired) electrons. The van der Waals surface area contributed by atoms with Crippen LogP contribution in [-0.2, 0) is 6.54 Å². The smallest absolute Gasteiger partial charge is 0.322 e. The zero-order valence-electron chi connectivity index (χ0n) is 14.0. The van der Waals surface area contributed by atoms with E-state index in [9.17, 15) is 4.79 Å². The molecule has 9 heteroatoms. The Labute approximate surface area is 143 Å². The SMILES string of the molecule is CCn1ccc(C(=O)Nc2nnc(-c3ccc(OC)cc3OC)o2)n1. The van der Waals surface area contributed by atoms with E-state index in [0.717, 1.165) is 0 Å². The Balaban J connectivity index is 1.79. The third-order valence-electron chi connectivity index (χ3n) is 3.48. The van der Waals surface area contributed by atoms with Crippen LogP contribution in [0.2, 0.25) is 0 Å². The Morgan fingerprint density at radius 2 is 2.08 bits per heavy atom. The summed E-state index contributed by atoms with van der Waals surface area (Å²) in [7, 11) is 3.09. The normalized spacial score (nSPS) is 10.5. The fourth-order valence-corrected chi connectivity index (χ4v) is 2.18. The van der Waals surface area contributed by atoms with Crippen LogP contribution in [-0.4, -0.2) is 40.1 Å². The van der Waals surface area contributed by atoms with E-state index in [4.69, 9.17) is 13.9 Å². The number of aromatic nitrogens is 4. The Morgan fingerprint density at radius 1 is 1.24 bits per heavy atom. The minimum Gasteiger partial charge on any atom is -0.497 e. The summed E-state index contributed by atoms with van der Waals surface area (Å²) in [6, 6.07) is 6.78. The van der Waals surface area contributed by atoms with Crippen molar-refractivity contribution in [3.8, 4) is 23.0 Å². The highest BCUT2D eigenvalue weighted by Crippen LogP contribution is 2.33. The molecule has 0 aliphatic heterocycles. The average Bonchev–Trinajstić information content (AvgIpc) is 3.30. The predicted octanol–water partition coefficient (Wildman–Crippen LogP) is 2.22. The maximum absolute atomic E-state index is 12.1. The first-order valence-electron chi connectivity index (χ1n) is 7.55. The average molecular weight is 343 g/mol. The van der Waals surface area contributed by atoms with Gasteiger partial charge in [-0.1, -0.05) is 5.10 Å². The molecule has 1 amide bonds. The van der Waals surface area contributed by atoms with Gasteiger partial charge in [0.1, 0.15) is 11.5 Å². The largest absolute Gasteiger partial charge is 0.497 e. The van der Waals surface area contributed by atoms with E-state index in [-0.39, 0.29) is 17.6 Å². The Kier molecular flexibility index (Phi) is 4.64. The van der Waals surface area contributed by atoms with Crippen molar-refractivity contribution in [2.75, 3.05) is 19.5 Å². The Morgan fingerprint density at radius 3 is 2.76 bits per heavy atom. The molecule has 1 N–H and O–H groups in total. The highest BCUT2D eigenvalue weighted by atomic mass is 16.5. The molecule has 0 fully saturated rings. The lowest BCUT2D eigenvalue weighted by Crippen LogP contribution is -2.13. The lowest BCUT2D eigenvalue weighted by Gasteiger charge is -2.07. The standard InChI is InChI=1S/C16H17N5O4/c1-4-21-8-7-12(20-21)14(22)17-16-19-18-15(25-16)11-6-5-10(23-2)9-13(11)24-3/h5-9H,4H2,1-3H3,(H,17,19,22). The molecule has 0 bridgehead atoms. The summed E-state index contributed by atoms with van der Waals surface area (Å²) in [4.78, 5) is 12.1. The number of nitrogens with zero attached hydrogens (tertiary/aromatic N) is 4. The summed E-state index contributed by atoms with van der Waals surface area (Å²) < 4.78 is 17.6. The predicted molar refractivity (Wildman–Crippen MR) is 88.7 cm³/mol. The van der Waals surface area contributed by atoms with E-state index in [1.165, 1.54) is 7.11 Å². The van der Waals surface area contributed by atoms with E-state index in [2.05, 4.69) is 20.6 Å². The van der Waals surface area contributed by atoms with Crippen LogP contribution in [0.1, 0.15) is 17.4 Å². The first kappa shape index (κ1) is 16.5. The molecule has 130 valence electrons. The highest BCUT2D eigenvalue weighted by Gasteiger charge is 2.17. The van der Waals surface area contributed by atoms with Crippen LogP contribution in [0.25, 0.3) is 11.5 Å². The lowest BCUT2D eigenvalue weighted by atomic mass is 10.2. The second kappa shape index (κ2) is 7.04. The number of methoxy groups -OCH3 is 2. The van der Waals surface area contributed by atoms with E-state index in [1.54, 1.807) is 42.3 Å². The van der Waals surface area contributed by atoms with Crippen molar-refractivity contribution < 1.29 is 18.7 Å². The number of aryl methyl sites for hydroxylation is 1. The molecular formula is C16H17N5O4. The van der Waals surface area contributed by atoms with Gasteiger partial charge < -0.3 is 13.9 Å². The molecule has 0 spiro atoms. The van der Waals surface area contributed by atoms with Gasteiger partial charge in [-0.3, -0.25) is 14.8 Å². The number of rotatable bonds is 6. The molecule has 0 unspecified atom stereocenters. The number of anilines is 1. The quantitative estimate of drug-likeness (QED) is 0.731. The number of carbonyl (C=O) groups is 1. The molecule has 0 atom stereocenters. The molecule has 3 aromatic rings. The van der Waals surface area contributed by atoms with E-state index >= 15 is 0 Å². The zero-order chi connectivity index (χ0) is 17.8. The van der Waals surface area contributed by atoms with Gasteiger partial charge in [0.25, 0.3) is 11.8 Å². The van der Waals surface area contributed by atoms with Crippen LogP contribution >= 0.6 is 0 Å². The number of benzene rings is 1. The van der Waals surface area contributed by atoms with Crippen molar-refractivity contribution in [2.24, 2.45) is 0 Å². The number of ether oxygens (including phenoxy) is 2. The monoisotopic (exact) mass is 343 g/mol. The number of amides is 1. The van der Waals surface area contributed by atoms with Crippen molar-refractivity contribution in [3.63, 3.8) is 0 Å². The molecule has 0 aliphatic rings. The fraction of sp³-hybridized carbons (Fsp3) is 0.250. The van der Waals surface area contributed by atoms with Gasteiger partial charge in [-0.05, 0) is 25.1 Å². The number of nitrogens with one attached hydrogen (secondary N) is 1. The maximum atomic E-state index is 12.1. The van der Waals surface area contributed by atoms with E-state index in [1.807, 2.05) is 6.92 Å². The van der Waals surface area contributed by atoms with Gasteiger partial charge in [-0.15, -0.1) is 5.10 Å². The number of carbonyl (C=O) groups excluding carboxylic acids is 1. The van der Waals surface area contributed by atoms with Crippen LogP contribution in [0.3, 0.4) is 0 Å². The van der Waals surface area contributed by atoms with Gasteiger partial charge in [0.15, 0.2) is 5.69 Å². The summed E-state index contributed by atoms with van der Waals surface area (Å²) in [5.41, 5.74) is 0.857. The van der Waals surface area contributed by atoms with Crippen LogP contribution in [0, 0.1) is 0 Å². The first-order valence-corrected chi connectivity index (χ1v) is 7.55. The summed E-state index contributed by atoms with van der Waals surface area (Å²) >= 11 is 0. The van der Waals surface area contributed by atoms with Gasteiger partial charge in [0, 0.05) is 18.8 Å². The van der Waals surface area contributed by atoms with Crippen molar-refractivity contribution in [1.82, 2.24) is 20.0 Å². The second-order valence-corrected chi connectivity index (χ2v) is 4.99. The van der Waals surface area contributed by atoms with Gasteiger partial charge in [0.2, 0.25) is 0 Å². The summed E-state index contributed by atoms with van der Waals surface area (Å²) in [6.07, 6.45) is 1.72. The topological polar surface area (TPSA) is 104 Å². The van der Waals surface area contributed by atoms with Gasteiger partial charge in [-0.2, -0.15) is 5.10 Å². The molecular weight excluding hydrogens is 326 g/mol. The third kappa shape index (κ3) is 3.44. The van der Waals surface area contributed by atoms with E-state index < -0.39 is 5.91 Å². The molecule has 0 saturated carbocycles. The van der Waals surface area contributed by atoms with Gasteiger partial charge in [0.05, 0.1) is 19.8 Å². The summed E-state index contributed by atoms with van der Waals surface area (Å²) in [5, 5.41) is 14.4. The van der Waals surface area contributed by atoms with Crippen LogP contribution < -0.4 is 14.8 Å². The van der Waals surface area contributed by atoms with Crippen molar-refractivity contribution in [2.45, 2.75) is 13.5 Å². The number of hydrogen-bond acceptors (Lipinski definition) is 7. The van der Waals surface area contributed by atoms with Gasteiger partial charge >= 0.3 is 6.01 Å². The maximum Gasteiger partial charge on any atom is 0.322 e. The van der Waals surface area contributed by atoms with Crippen molar-refractivity contribution >= 4 is 11.9 Å². The van der Waals surface area contributed by atoms with E-state index in [0.29, 0.717) is 23.6 Å². The minimum absolute atomic E-state index is 0.0241. The van der Waals surface area contributed by atoms with Crippen molar-refractivity contribution in [1.29, 1.82) is 0 Å². The fourth-order valence-electron chi connectivity index (χ4n) is 2.18. The second-order valence-electron chi connectivity index (χ2n) is 4.99. The van der Waals surface area contributed by atoms with Gasteiger partial charge in [-0.25, -0.2) is 0 Å². The zero-order valence-corrected chi connectivity index (χ0v) is 14.0. The highest BCUT2D eigenvalue weighted by molar-refractivity contribution is 6.01. The summed E-state index contributed by atoms with van der Waals surface area (Å²) in [6.45, 7) is 2.61. The third-order valence-corrected chi connectivity index (χ3v) is 3.48. The van der Waals surface area contributed by atoms with Crippen LogP contribution in [0.4, 0.5) is 6.01 Å². The van der Waals surface area contributed by atoms with Crippen molar-refractivity contribution in [3.05, 3.63) is 36.2 Å². The summed E-state index contributed by atoms with van der Waals surface area (Å²) in [5.74, 6) is 0.945. The Bertz CT molecular complexity index is 886. The molecule has 1 aromatic carbocycles. The molecule has 0 saturated heterocycles. The molecule has 0 aliphatic carbocycles. The lowest BCUT2D eigenvalue weighted by molar-refractivity contribution is 0.101. The molecule has 2 aromatic heterocycles. The molecule has 3 rings (SSSR count). The molecule has 25 heavy (non-hydrogen) atoms. The Hall–Kier alpha value is -3.36. The molecule has 2 heterocycles. The minimum atomic E-state index is -0.427. The van der Waals surface area contributed by atoms with Crippen LogP contribution in [0.5, 0.6) is 11.5 Å². The molecule has 9 nitrogen and oxygen atoms in total. The number of hydrogen-bond donors (Lipinski definition) is 1. The first-order chi connectivity index (χ1) is 12.1. The van der Waals surface area contributed by atoms with Crippen LogP contribution in [0.15, 0.2) is 34.9 Å².